The van der Waals surface area contributed by atoms with Crippen LogP contribution < -0.4 is 16.0 Å². The van der Waals surface area contributed by atoms with Crippen LogP contribution >= 0.6 is 47.0 Å². The molecule has 0 heterocycles. The maximum atomic E-state index is 12.7. The third-order valence-corrected chi connectivity index (χ3v) is 5.88. The lowest BCUT2D eigenvalue weighted by atomic mass is 10.1. The second-order valence-corrected chi connectivity index (χ2v) is 10.7. The van der Waals surface area contributed by atoms with Gasteiger partial charge in [0.1, 0.15) is 6.17 Å². The molecule has 10 heteroatoms. The third-order valence-electron chi connectivity index (χ3n) is 5.01. The van der Waals surface area contributed by atoms with Crippen LogP contribution in [-0.2, 0) is 0 Å². The van der Waals surface area contributed by atoms with Crippen molar-refractivity contribution >= 4 is 75.1 Å². The molecule has 1 atom stereocenters. The van der Waals surface area contributed by atoms with Gasteiger partial charge in [-0.2, -0.15) is 10.2 Å². The van der Waals surface area contributed by atoms with E-state index in [1.165, 1.54) is 0 Å². The van der Waals surface area contributed by atoms with Crippen LogP contribution in [0.4, 0.5) is 17.1 Å². The van der Waals surface area contributed by atoms with Crippen molar-refractivity contribution in [2.75, 3.05) is 5.32 Å². The second-order valence-electron chi connectivity index (χ2n) is 7.90. The first-order chi connectivity index (χ1) is 16.5. The van der Waals surface area contributed by atoms with Crippen molar-refractivity contribution < 1.29 is 4.79 Å². The molecule has 0 saturated heterocycles. The van der Waals surface area contributed by atoms with Gasteiger partial charge in [0.15, 0.2) is 5.11 Å². The molecular weight excluding hydrogens is 525 g/mol. The topological polar surface area (TPSA) is 77.9 Å². The molecule has 0 spiro atoms. The molecular formula is C25H24Cl3N5OS. The van der Waals surface area contributed by atoms with Crippen molar-refractivity contribution in [3.8, 4) is 0 Å². The molecule has 1 amide bonds. The summed E-state index contributed by atoms with van der Waals surface area (Å²) in [5.41, 5.74) is 5.53. The van der Waals surface area contributed by atoms with E-state index in [0.717, 1.165) is 28.1 Å². The van der Waals surface area contributed by atoms with Gasteiger partial charge in [0, 0.05) is 11.3 Å². The van der Waals surface area contributed by atoms with E-state index >= 15 is 0 Å². The molecule has 0 bridgehead atoms. The normalized spacial score (nSPS) is 12.3. The number of hydrogen-bond acceptors (Lipinski definition) is 4. The van der Waals surface area contributed by atoms with Crippen LogP contribution in [0.2, 0.25) is 0 Å². The van der Waals surface area contributed by atoms with Crippen LogP contribution in [0.5, 0.6) is 0 Å². The predicted molar refractivity (Wildman–Crippen MR) is 149 cm³/mol. The molecule has 0 fully saturated rings. The van der Waals surface area contributed by atoms with Crippen LogP contribution in [-0.4, -0.2) is 21.0 Å². The van der Waals surface area contributed by atoms with Gasteiger partial charge in [0.05, 0.1) is 11.4 Å². The van der Waals surface area contributed by atoms with Gasteiger partial charge < -0.3 is 16.0 Å². The summed E-state index contributed by atoms with van der Waals surface area (Å²) in [6.07, 6.45) is -1.08. The largest absolute Gasteiger partial charge is 0.339 e. The highest BCUT2D eigenvalue weighted by molar-refractivity contribution is 7.80. The number of carbonyl (C=O) groups is 1. The van der Waals surface area contributed by atoms with Crippen molar-refractivity contribution in [2.45, 2.75) is 30.7 Å². The Bertz CT molecular complexity index is 1260. The fraction of sp³-hybridized carbons (Fsp3) is 0.200. The van der Waals surface area contributed by atoms with Crippen LogP contribution in [0.3, 0.4) is 0 Å². The summed E-state index contributed by atoms with van der Waals surface area (Å²) in [6.45, 7) is 5.77. The van der Waals surface area contributed by atoms with Gasteiger partial charge in [-0.05, 0) is 80.5 Å². The number of hydrogen-bond donors (Lipinski definition) is 3. The monoisotopic (exact) mass is 547 g/mol. The van der Waals surface area contributed by atoms with Crippen LogP contribution in [0, 0.1) is 20.8 Å². The Balaban J connectivity index is 1.67. The minimum Gasteiger partial charge on any atom is -0.339 e. The molecule has 3 aromatic carbocycles. The summed E-state index contributed by atoms with van der Waals surface area (Å²) in [6, 6.07) is 20.4. The zero-order chi connectivity index (χ0) is 25.6. The number of rotatable bonds is 6. The lowest BCUT2D eigenvalue weighted by molar-refractivity contribution is 0.0934. The smallest absolute Gasteiger partial charge is 0.252 e. The van der Waals surface area contributed by atoms with Crippen LogP contribution in [0.25, 0.3) is 0 Å². The van der Waals surface area contributed by atoms with E-state index in [4.69, 9.17) is 47.0 Å². The minimum absolute atomic E-state index is 0.170. The summed E-state index contributed by atoms with van der Waals surface area (Å²) < 4.78 is -1.86. The van der Waals surface area contributed by atoms with E-state index in [9.17, 15) is 4.79 Å². The number of halogens is 3. The lowest BCUT2D eigenvalue weighted by Gasteiger charge is -2.28. The van der Waals surface area contributed by atoms with Crippen molar-refractivity contribution in [1.82, 2.24) is 10.6 Å². The Labute approximate surface area is 225 Å². The molecule has 0 saturated carbocycles. The molecule has 0 aliphatic rings. The van der Waals surface area contributed by atoms with Gasteiger partial charge in [0.25, 0.3) is 5.91 Å². The maximum Gasteiger partial charge on any atom is 0.252 e. The highest BCUT2D eigenvalue weighted by Crippen LogP contribution is 2.30. The fourth-order valence-corrected chi connectivity index (χ4v) is 3.68. The van der Waals surface area contributed by atoms with E-state index in [2.05, 4.69) is 26.2 Å². The van der Waals surface area contributed by atoms with Crippen molar-refractivity contribution in [3.63, 3.8) is 0 Å². The molecule has 3 N–H and O–H groups in total. The van der Waals surface area contributed by atoms with E-state index in [0.29, 0.717) is 11.3 Å². The fourth-order valence-electron chi connectivity index (χ4n) is 3.13. The summed E-state index contributed by atoms with van der Waals surface area (Å²) in [5, 5.41) is 17.4. The summed E-state index contributed by atoms with van der Waals surface area (Å²) >= 11 is 23.7. The Hall–Kier alpha value is -2.71. The number of anilines is 1. The van der Waals surface area contributed by atoms with Gasteiger partial charge in [-0.3, -0.25) is 4.79 Å². The highest BCUT2D eigenvalue weighted by Gasteiger charge is 2.35. The van der Waals surface area contributed by atoms with E-state index in [1.807, 2.05) is 69.3 Å². The van der Waals surface area contributed by atoms with E-state index in [-0.39, 0.29) is 5.11 Å². The number of amides is 1. The van der Waals surface area contributed by atoms with Crippen LogP contribution in [0.15, 0.2) is 77.0 Å². The highest BCUT2D eigenvalue weighted by atomic mass is 35.6. The molecule has 0 aromatic heterocycles. The standard InChI is InChI=1S/C25H24Cl3N5OS/c1-15-7-6-9-18(13-15)22(34)30-23(25(26,27)28)31-24(35)29-20-12-11-19(14-17(20)3)32-33-21-10-5-4-8-16(21)2/h4-14,23H,1-3H3,(H,30,34)(H2,29,31,35)/t23-/m1/s1. The predicted octanol–water partition coefficient (Wildman–Crippen LogP) is 7.44. The molecule has 3 aromatic rings. The number of aryl methyl sites for hydroxylation is 3. The number of thiocarbonyl (C=S) groups is 1. The molecule has 0 aliphatic heterocycles. The average molecular weight is 549 g/mol. The maximum absolute atomic E-state index is 12.7. The van der Waals surface area contributed by atoms with Crippen molar-refractivity contribution in [2.24, 2.45) is 10.2 Å². The first-order valence-corrected chi connectivity index (χ1v) is 12.2. The first kappa shape index (κ1) is 26.9. The molecule has 0 unspecified atom stereocenters. The number of benzene rings is 3. The number of carbonyl (C=O) groups excluding carboxylic acids is 1. The average Bonchev–Trinajstić information content (AvgIpc) is 2.79. The number of nitrogens with zero attached hydrogens (tertiary/aromatic N) is 2. The van der Waals surface area contributed by atoms with Gasteiger partial charge >= 0.3 is 0 Å². The second kappa shape index (κ2) is 11.8. The quantitative estimate of drug-likeness (QED) is 0.129. The summed E-state index contributed by atoms with van der Waals surface area (Å²) in [4.78, 5) is 12.7. The Morgan fingerprint density at radius 2 is 1.63 bits per heavy atom. The molecule has 0 aliphatic carbocycles. The SMILES string of the molecule is Cc1cccc(C(=O)N[C@H](NC(=S)Nc2ccc(N=Nc3ccccc3C)cc2C)C(Cl)(Cl)Cl)c1. The Morgan fingerprint density at radius 3 is 2.29 bits per heavy atom. The summed E-state index contributed by atoms with van der Waals surface area (Å²) in [7, 11) is 0. The van der Waals surface area contributed by atoms with Crippen LogP contribution in [0.1, 0.15) is 27.0 Å². The first-order valence-electron chi connectivity index (χ1n) is 10.6. The molecule has 0 radical (unpaired) electrons. The Morgan fingerprint density at radius 1 is 0.886 bits per heavy atom. The summed E-state index contributed by atoms with van der Waals surface area (Å²) in [5.74, 6) is -0.403. The third kappa shape index (κ3) is 7.90. The van der Waals surface area contributed by atoms with Gasteiger partial charge in [-0.1, -0.05) is 70.7 Å². The van der Waals surface area contributed by atoms with Gasteiger partial charge in [-0.15, -0.1) is 0 Å². The number of alkyl halides is 3. The zero-order valence-electron chi connectivity index (χ0n) is 19.3. The molecule has 3 rings (SSSR count). The number of nitrogens with one attached hydrogen (secondary N) is 3. The van der Waals surface area contributed by atoms with Crippen molar-refractivity contribution in [1.29, 1.82) is 0 Å². The van der Waals surface area contributed by atoms with E-state index < -0.39 is 15.9 Å². The molecule has 6 nitrogen and oxygen atoms in total. The molecule has 35 heavy (non-hydrogen) atoms. The molecule has 182 valence electrons. The minimum atomic E-state index is -1.86. The van der Waals surface area contributed by atoms with E-state index in [1.54, 1.807) is 18.2 Å². The zero-order valence-corrected chi connectivity index (χ0v) is 22.4. The lowest BCUT2D eigenvalue weighted by Crippen LogP contribution is -2.56. The van der Waals surface area contributed by atoms with Gasteiger partial charge in [-0.25, -0.2) is 0 Å². The number of azo groups is 1. The van der Waals surface area contributed by atoms with Gasteiger partial charge in [0.2, 0.25) is 3.79 Å². The van der Waals surface area contributed by atoms with Crippen molar-refractivity contribution in [3.05, 3.63) is 89.0 Å². The Kier molecular flexibility index (Phi) is 9.08.